The van der Waals surface area contributed by atoms with Crippen molar-refractivity contribution in [2.75, 3.05) is 50.7 Å². The maximum atomic E-state index is 13.1. The number of hydrogen-bond acceptors (Lipinski definition) is 4. The Bertz CT molecular complexity index is 681. The van der Waals surface area contributed by atoms with Crippen molar-refractivity contribution in [3.05, 3.63) is 30.1 Å². The van der Waals surface area contributed by atoms with Crippen molar-refractivity contribution in [3.8, 4) is 0 Å². The first-order valence-electron chi connectivity index (χ1n) is 9.44. The Morgan fingerprint density at radius 3 is 2.44 bits per heavy atom. The van der Waals surface area contributed by atoms with Gasteiger partial charge in [0.15, 0.2) is 0 Å². The molecule has 0 aliphatic carbocycles. The van der Waals surface area contributed by atoms with Crippen LogP contribution in [0.15, 0.2) is 24.3 Å². The standard InChI is InChI=1S/C19H25FN4O2.ClH/c20-14-1-3-15(4-2-14)24-10-6-17(19(24)26)18(25)23-9-5-16(13-23)22-11-7-21-8-12-22;/h1-4,16-17,21H,5-13H2;1H. The first-order chi connectivity index (χ1) is 12.6. The van der Waals surface area contributed by atoms with E-state index in [0.29, 0.717) is 24.7 Å². The number of nitrogens with zero attached hydrogens (tertiary/aromatic N) is 3. The number of carbonyl (C=O) groups excluding carboxylic acids is 2. The topological polar surface area (TPSA) is 55.9 Å². The third kappa shape index (κ3) is 4.10. The molecule has 2 atom stereocenters. The molecule has 3 saturated heterocycles. The van der Waals surface area contributed by atoms with E-state index >= 15 is 0 Å². The summed E-state index contributed by atoms with van der Waals surface area (Å²) in [6.07, 6.45) is 1.51. The van der Waals surface area contributed by atoms with Crippen LogP contribution in [0.3, 0.4) is 0 Å². The average molecular weight is 397 g/mol. The normalized spacial score (nSPS) is 26.3. The van der Waals surface area contributed by atoms with Gasteiger partial charge in [-0.3, -0.25) is 14.5 Å². The third-order valence-electron chi connectivity index (χ3n) is 5.78. The van der Waals surface area contributed by atoms with Crippen LogP contribution in [0, 0.1) is 11.7 Å². The number of hydrogen-bond donors (Lipinski definition) is 1. The highest BCUT2D eigenvalue weighted by Gasteiger charge is 2.42. The Kier molecular flexibility index (Phi) is 6.34. The maximum absolute atomic E-state index is 13.1. The molecule has 1 N–H and O–H groups in total. The van der Waals surface area contributed by atoms with E-state index in [1.165, 1.54) is 12.1 Å². The van der Waals surface area contributed by atoms with E-state index in [-0.39, 0.29) is 30.0 Å². The molecular formula is C19H26ClFN4O2. The number of nitrogens with one attached hydrogen (secondary N) is 1. The van der Waals surface area contributed by atoms with E-state index < -0.39 is 5.92 Å². The van der Waals surface area contributed by atoms with E-state index in [4.69, 9.17) is 0 Å². The molecule has 1 aromatic rings. The molecular weight excluding hydrogens is 371 g/mol. The Balaban J connectivity index is 0.00000210. The van der Waals surface area contributed by atoms with Crippen molar-refractivity contribution in [1.29, 1.82) is 0 Å². The quantitative estimate of drug-likeness (QED) is 0.777. The van der Waals surface area contributed by atoms with Gasteiger partial charge in [-0.15, -0.1) is 12.4 Å². The number of halogens is 2. The highest BCUT2D eigenvalue weighted by atomic mass is 35.5. The van der Waals surface area contributed by atoms with Crippen molar-refractivity contribution in [2.24, 2.45) is 5.92 Å². The summed E-state index contributed by atoms with van der Waals surface area (Å²) in [4.78, 5) is 31.6. The van der Waals surface area contributed by atoms with Crippen LogP contribution in [0.1, 0.15) is 12.8 Å². The van der Waals surface area contributed by atoms with Crippen LogP contribution in [0.5, 0.6) is 0 Å². The number of amides is 2. The van der Waals surface area contributed by atoms with Crippen molar-refractivity contribution in [3.63, 3.8) is 0 Å². The smallest absolute Gasteiger partial charge is 0.239 e. The first-order valence-corrected chi connectivity index (χ1v) is 9.44. The lowest BCUT2D eigenvalue weighted by atomic mass is 10.1. The molecule has 3 fully saturated rings. The third-order valence-corrected chi connectivity index (χ3v) is 5.78. The lowest BCUT2D eigenvalue weighted by molar-refractivity contribution is -0.139. The number of piperazine rings is 1. The second kappa shape index (κ2) is 8.54. The second-order valence-electron chi connectivity index (χ2n) is 7.32. The molecule has 3 aliphatic heterocycles. The minimum Gasteiger partial charge on any atom is -0.340 e. The van der Waals surface area contributed by atoms with Crippen molar-refractivity contribution in [2.45, 2.75) is 18.9 Å². The van der Waals surface area contributed by atoms with E-state index in [1.807, 2.05) is 4.90 Å². The molecule has 0 saturated carbocycles. The molecule has 148 valence electrons. The molecule has 0 bridgehead atoms. The first kappa shape index (κ1) is 20.0. The Hall–Kier alpha value is -1.70. The van der Waals surface area contributed by atoms with Crippen LogP contribution < -0.4 is 10.2 Å². The van der Waals surface area contributed by atoms with Gasteiger partial charge in [0, 0.05) is 57.5 Å². The summed E-state index contributed by atoms with van der Waals surface area (Å²) in [6.45, 7) is 6.00. The molecule has 4 rings (SSSR count). The van der Waals surface area contributed by atoms with Gasteiger partial charge in [-0.25, -0.2) is 4.39 Å². The van der Waals surface area contributed by atoms with Crippen LogP contribution in [-0.2, 0) is 9.59 Å². The Morgan fingerprint density at radius 1 is 1.04 bits per heavy atom. The van der Waals surface area contributed by atoms with Gasteiger partial charge in [0.25, 0.3) is 0 Å². The van der Waals surface area contributed by atoms with Crippen molar-refractivity contribution < 1.29 is 14.0 Å². The predicted molar refractivity (Wildman–Crippen MR) is 104 cm³/mol. The minimum atomic E-state index is -0.596. The average Bonchev–Trinajstić information content (AvgIpc) is 3.30. The van der Waals surface area contributed by atoms with Crippen LogP contribution >= 0.6 is 12.4 Å². The zero-order valence-electron chi connectivity index (χ0n) is 15.3. The Labute approximate surface area is 165 Å². The number of likely N-dealkylation sites (tertiary alicyclic amines) is 1. The van der Waals surface area contributed by atoms with Crippen LogP contribution in [-0.4, -0.2) is 73.5 Å². The molecule has 0 aromatic heterocycles. The minimum absolute atomic E-state index is 0. The fourth-order valence-corrected chi connectivity index (χ4v) is 4.29. The molecule has 0 radical (unpaired) electrons. The number of carbonyl (C=O) groups is 2. The van der Waals surface area contributed by atoms with Crippen molar-refractivity contribution >= 4 is 29.9 Å². The molecule has 3 heterocycles. The van der Waals surface area contributed by atoms with Crippen LogP contribution in [0.25, 0.3) is 0 Å². The van der Waals surface area contributed by atoms with Gasteiger partial charge in [0.05, 0.1) is 0 Å². The lowest BCUT2D eigenvalue weighted by Crippen LogP contribution is -2.49. The molecule has 27 heavy (non-hydrogen) atoms. The summed E-state index contributed by atoms with van der Waals surface area (Å²) in [6, 6.07) is 6.28. The summed E-state index contributed by atoms with van der Waals surface area (Å²) in [5, 5.41) is 3.35. The van der Waals surface area contributed by atoms with Crippen LogP contribution in [0.2, 0.25) is 0 Å². The SMILES string of the molecule is Cl.O=C(C1CCN(c2ccc(F)cc2)C1=O)N1CCC(N2CCNCC2)C1. The molecule has 2 unspecified atom stereocenters. The maximum Gasteiger partial charge on any atom is 0.239 e. The fraction of sp³-hybridized carbons (Fsp3) is 0.579. The van der Waals surface area contributed by atoms with Gasteiger partial charge in [-0.2, -0.15) is 0 Å². The van der Waals surface area contributed by atoms with Gasteiger partial charge < -0.3 is 15.1 Å². The molecule has 8 heteroatoms. The van der Waals surface area contributed by atoms with Crippen LogP contribution in [0.4, 0.5) is 10.1 Å². The summed E-state index contributed by atoms with van der Waals surface area (Å²) in [5.74, 6) is -1.13. The number of benzene rings is 1. The van der Waals surface area contributed by atoms with Gasteiger partial charge in [0.2, 0.25) is 11.8 Å². The highest BCUT2D eigenvalue weighted by molar-refractivity contribution is 6.09. The van der Waals surface area contributed by atoms with Crippen molar-refractivity contribution in [1.82, 2.24) is 15.1 Å². The van der Waals surface area contributed by atoms with Gasteiger partial charge in [0.1, 0.15) is 11.7 Å². The summed E-state index contributed by atoms with van der Waals surface area (Å²) in [7, 11) is 0. The number of rotatable bonds is 3. The summed E-state index contributed by atoms with van der Waals surface area (Å²) < 4.78 is 13.1. The molecule has 1 aromatic carbocycles. The second-order valence-corrected chi connectivity index (χ2v) is 7.32. The zero-order chi connectivity index (χ0) is 18.1. The molecule has 0 spiro atoms. The summed E-state index contributed by atoms with van der Waals surface area (Å²) in [5.41, 5.74) is 0.659. The number of anilines is 1. The fourth-order valence-electron chi connectivity index (χ4n) is 4.29. The van der Waals surface area contributed by atoms with Gasteiger partial charge in [-0.1, -0.05) is 0 Å². The van der Waals surface area contributed by atoms with Gasteiger partial charge >= 0.3 is 0 Å². The molecule has 2 amide bonds. The highest BCUT2D eigenvalue weighted by Crippen LogP contribution is 2.28. The predicted octanol–water partition coefficient (Wildman–Crippen LogP) is 1.11. The monoisotopic (exact) mass is 396 g/mol. The lowest BCUT2D eigenvalue weighted by Gasteiger charge is -2.32. The summed E-state index contributed by atoms with van der Waals surface area (Å²) >= 11 is 0. The Morgan fingerprint density at radius 2 is 1.74 bits per heavy atom. The molecule has 6 nitrogen and oxygen atoms in total. The molecule has 3 aliphatic rings. The van der Waals surface area contributed by atoms with E-state index in [1.54, 1.807) is 17.0 Å². The zero-order valence-corrected chi connectivity index (χ0v) is 16.1. The largest absolute Gasteiger partial charge is 0.340 e. The van der Waals surface area contributed by atoms with E-state index in [9.17, 15) is 14.0 Å². The van der Waals surface area contributed by atoms with Gasteiger partial charge in [-0.05, 0) is 37.1 Å². The van der Waals surface area contributed by atoms with E-state index in [2.05, 4.69) is 10.2 Å². The van der Waals surface area contributed by atoms with E-state index in [0.717, 1.165) is 45.7 Å².